The molecule has 5 nitrogen and oxygen atoms in total. The first-order valence-electron chi connectivity index (χ1n) is 14.8. The Labute approximate surface area is 275 Å². The monoisotopic (exact) mass is 657 g/mol. The molecule has 4 aromatic carbocycles. The smallest absolute Gasteiger partial charge is 0.294 e. The minimum Gasteiger partial charge on any atom is -0.367 e. The first kappa shape index (κ1) is 32.5. The first-order valence-corrected chi connectivity index (χ1v) is 17.0. The van der Waals surface area contributed by atoms with Crippen LogP contribution in [0.1, 0.15) is 36.1 Å². The molecule has 1 N–H and O–H groups in total. The molecule has 1 aliphatic carbocycles. The van der Waals surface area contributed by atoms with Crippen LogP contribution in [0, 0.1) is 0 Å². The quantitative estimate of drug-likeness (QED) is 0.137. The molecule has 0 saturated heterocycles. The zero-order valence-electron chi connectivity index (χ0n) is 25.2. The predicted octanol–water partition coefficient (Wildman–Crippen LogP) is 8.87. The molecule has 0 bridgehead atoms. The van der Waals surface area contributed by atoms with E-state index in [0.717, 1.165) is 52.3 Å². The minimum absolute atomic E-state index is 0.115. The number of hydrogen-bond donors (Lipinski definition) is 1. The summed E-state index contributed by atoms with van der Waals surface area (Å²) < 4.78 is 34.9. The van der Waals surface area contributed by atoms with Crippen LogP contribution in [0.2, 0.25) is 10.0 Å². The topological polar surface area (TPSA) is 60.6 Å². The molecule has 45 heavy (non-hydrogen) atoms. The molecule has 8 heteroatoms. The predicted molar refractivity (Wildman–Crippen MR) is 186 cm³/mol. The van der Waals surface area contributed by atoms with Gasteiger partial charge in [-0.25, -0.2) is 4.58 Å². The van der Waals surface area contributed by atoms with Crippen LogP contribution in [-0.4, -0.2) is 36.3 Å². The summed E-state index contributed by atoms with van der Waals surface area (Å²) in [5, 5.41) is 1.14. The molecule has 0 heterocycles. The van der Waals surface area contributed by atoms with Crippen molar-refractivity contribution in [2.75, 3.05) is 18.0 Å². The molecule has 5 rings (SSSR count). The van der Waals surface area contributed by atoms with Crippen LogP contribution < -0.4 is 4.90 Å². The third-order valence-electron chi connectivity index (χ3n) is 7.80. The second-order valence-corrected chi connectivity index (χ2v) is 12.9. The van der Waals surface area contributed by atoms with E-state index in [1.165, 1.54) is 17.7 Å². The molecule has 0 saturated carbocycles. The molecule has 0 amide bonds. The molecule has 0 radical (unpaired) electrons. The fourth-order valence-electron chi connectivity index (χ4n) is 5.47. The van der Waals surface area contributed by atoms with Crippen molar-refractivity contribution in [1.82, 2.24) is 0 Å². The lowest BCUT2D eigenvalue weighted by atomic mass is 9.90. The Morgan fingerprint density at radius 1 is 0.778 bits per heavy atom. The van der Waals surface area contributed by atoms with Crippen LogP contribution >= 0.6 is 23.2 Å². The molecule has 0 fully saturated rings. The Morgan fingerprint density at radius 2 is 1.40 bits per heavy atom. The Balaban J connectivity index is 1.51. The fraction of sp³-hybridized carbons (Fsp3) is 0.162. The zero-order valence-corrected chi connectivity index (χ0v) is 27.5. The summed E-state index contributed by atoms with van der Waals surface area (Å²) >= 11 is 13.6. The Morgan fingerprint density at radius 3 is 2.00 bits per heavy atom. The third kappa shape index (κ3) is 7.84. The zero-order chi connectivity index (χ0) is 32.0. The van der Waals surface area contributed by atoms with E-state index in [1.807, 2.05) is 49.4 Å². The maximum Gasteiger partial charge on any atom is 0.294 e. The molecular weight excluding hydrogens is 623 g/mol. The normalized spacial score (nSPS) is 12.8. The number of rotatable bonds is 10. The van der Waals surface area contributed by atoms with Gasteiger partial charge in [0.15, 0.2) is 12.3 Å². The summed E-state index contributed by atoms with van der Waals surface area (Å²) in [4.78, 5) is 2.22. The van der Waals surface area contributed by atoms with Gasteiger partial charge in [0.2, 0.25) is 0 Å². The van der Waals surface area contributed by atoms with E-state index in [2.05, 4.69) is 77.1 Å². The van der Waals surface area contributed by atoms with Crippen molar-refractivity contribution >= 4 is 50.3 Å². The maximum atomic E-state index is 11.7. The van der Waals surface area contributed by atoms with Gasteiger partial charge >= 0.3 is 0 Å². The first-order chi connectivity index (χ1) is 21.7. The van der Waals surface area contributed by atoms with Gasteiger partial charge < -0.3 is 4.90 Å². The van der Waals surface area contributed by atoms with Gasteiger partial charge in [0, 0.05) is 52.1 Å². The Hall–Kier alpha value is -3.94. The van der Waals surface area contributed by atoms with E-state index in [4.69, 9.17) is 23.2 Å². The molecule has 230 valence electrons. The van der Waals surface area contributed by atoms with Crippen LogP contribution in [0.25, 0.3) is 5.57 Å². The molecule has 0 unspecified atom stereocenters. The van der Waals surface area contributed by atoms with Gasteiger partial charge in [-0.3, -0.25) is 4.55 Å². The SMILES string of the molecule is CCN(Cc1ccccc1)c1ccc(C(=C2C=CC(=[N+](CC)Cc3cccc(S(=O)(=O)O)c3)C=C2)c2c(Cl)cccc2Cl)cc1. The summed E-state index contributed by atoms with van der Waals surface area (Å²) in [5.41, 5.74) is 7.78. The standard InChI is InChI=1S/C37H34Cl2N2O3S/c1-3-40(25-27-10-6-5-7-11-27)31-20-16-29(17-21-31)36(37-34(38)14-9-15-35(37)39)30-18-22-32(23-19-30)41(4-2)26-28-12-8-13-33(24-28)45(42,43)44/h5-24H,3-4,25-26H2,1-2H3/p+1. The van der Waals surface area contributed by atoms with Crippen molar-refractivity contribution in [3.63, 3.8) is 0 Å². The van der Waals surface area contributed by atoms with Crippen LogP contribution in [0.15, 0.2) is 132 Å². The molecular formula is C37H35Cl2N2O3S+. The van der Waals surface area contributed by atoms with Crippen molar-refractivity contribution in [1.29, 1.82) is 0 Å². The summed E-state index contributed by atoms with van der Waals surface area (Å²) in [6.45, 7) is 7.06. The van der Waals surface area contributed by atoms with E-state index in [1.54, 1.807) is 6.07 Å². The van der Waals surface area contributed by atoms with Crippen molar-refractivity contribution in [3.8, 4) is 0 Å². The highest BCUT2D eigenvalue weighted by atomic mass is 35.5. The lowest BCUT2D eigenvalue weighted by Crippen LogP contribution is -2.21. The van der Waals surface area contributed by atoms with Gasteiger partial charge in [-0.05, 0) is 84.7 Å². The second-order valence-electron chi connectivity index (χ2n) is 10.7. The largest absolute Gasteiger partial charge is 0.367 e. The van der Waals surface area contributed by atoms with Gasteiger partial charge in [0.1, 0.15) is 6.54 Å². The van der Waals surface area contributed by atoms with Gasteiger partial charge in [0.25, 0.3) is 10.1 Å². The average molecular weight is 659 g/mol. The lowest BCUT2D eigenvalue weighted by Gasteiger charge is -2.24. The van der Waals surface area contributed by atoms with Gasteiger partial charge in [-0.1, -0.05) is 83.9 Å². The number of benzene rings is 4. The van der Waals surface area contributed by atoms with E-state index in [0.29, 0.717) is 23.1 Å². The molecule has 0 aliphatic heterocycles. The van der Waals surface area contributed by atoms with Crippen LogP contribution in [-0.2, 0) is 23.2 Å². The summed E-state index contributed by atoms with van der Waals surface area (Å²) in [5.74, 6) is 0. The van der Waals surface area contributed by atoms with E-state index >= 15 is 0 Å². The summed E-state index contributed by atoms with van der Waals surface area (Å²) in [6.07, 6.45) is 8.21. The minimum atomic E-state index is -4.28. The van der Waals surface area contributed by atoms with Crippen molar-refractivity contribution in [2.24, 2.45) is 0 Å². The van der Waals surface area contributed by atoms with Crippen molar-refractivity contribution in [3.05, 3.63) is 159 Å². The van der Waals surface area contributed by atoms with Gasteiger partial charge in [-0.2, -0.15) is 8.42 Å². The van der Waals surface area contributed by atoms with Crippen molar-refractivity contribution < 1.29 is 17.5 Å². The molecule has 0 aromatic heterocycles. The highest BCUT2D eigenvalue weighted by Crippen LogP contribution is 2.39. The summed E-state index contributed by atoms with van der Waals surface area (Å²) in [6, 6.07) is 30.9. The number of halogens is 2. The molecule has 4 aromatic rings. The van der Waals surface area contributed by atoms with Gasteiger partial charge in [-0.15, -0.1) is 0 Å². The fourth-order valence-corrected chi connectivity index (χ4v) is 6.61. The van der Waals surface area contributed by atoms with Crippen LogP contribution in [0.3, 0.4) is 0 Å². The highest BCUT2D eigenvalue weighted by Gasteiger charge is 2.20. The Kier molecular flexibility index (Phi) is 10.4. The van der Waals surface area contributed by atoms with E-state index in [9.17, 15) is 13.0 Å². The number of nitrogens with zero attached hydrogens (tertiary/aromatic N) is 2. The molecule has 0 spiro atoms. The van der Waals surface area contributed by atoms with Crippen LogP contribution in [0.5, 0.6) is 0 Å². The Bertz CT molecular complexity index is 1870. The van der Waals surface area contributed by atoms with Crippen molar-refractivity contribution in [2.45, 2.75) is 31.8 Å². The maximum absolute atomic E-state index is 11.7. The second kappa shape index (κ2) is 14.4. The van der Waals surface area contributed by atoms with Gasteiger partial charge in [0.05, 0.1) is 4.90 Å². The lowest BCUT2D eigenvalue weighted by molar-refractivity contribution is -0.539. The summed E-state index contributed by atoms with van der Waals surface area (Å²) in [7, 11) is -4.28. The van der Waals surface area contributed by atoms with E-state index in [-0.39, 0.29) is 4.90 Å². The number of allylic oxidation sites excluding steroid dienone is 5. The van der Waals surface area contributed by atoms with Crippen LogP contribution in [0.4, 0.5) is 5.69 Å². The van der Waals surface area contributed by atoms with E-state index < -0.39 is 10.1 Å². The molecule has 1 aliphatic rings. The molecule has 0 atom stereocenters. The highest BCUT2D eigenvalue weighted by molar-refractivity contribution is 7.85. The number of anilines is 1. The third-order valence-corrected chi connectivity index (χ3v) is 9.28. The average Bonchev–Trinajstić information content (AvgIpc) is 3.05. The number of hydrogen-bond acceptors (Lipinski definition) is 3.